The van der Waals surface area contributed by atoms with Gasteiger partial charge in [0, 0.05) is 47.8 Å². The molecule has 4 aromatic rings. The Kier molecular flexibility index (Phi) is 5.51. The number of hydrogen-bond donors (Lipinski definition) is 3. The predicted molar refractivity (Wildman–Crippen MR) is 110 cm³/mol. The van der Waals surface area contributed by atoms with Gasteiger partial charge in [-0.2, -0.15) is 5.10 Å². The van der Waals surface area contributed by atoms with E-state index in [0.717, 1.165) is 10.9 Å². The average molecular weight is 404 g/mol. The Labute approximate surface area is 172 Å². The molecule has 0 aliphatic heterocycles. The number of fused-ring (bicyclic) bond motifs is 1. The summed E-state index contributed by atoms with van der Waals surface area (Å²) >= 11 is 0. The van der Waals surface area contributed by atoms with E-state index in [2.05, 4.69) is 30.5 Å². The van der Waals surface area contributed by atoms with E-state index < -0.39 is 0 Å². The number of aromatic hydroxyl groups is 1. The minimum absolute atomic E-state index is 0.0615. The van der Waals surface area contributed by atoms with E-state index in [4.69, 9.17) is 4.74 Å². The van der Waals surface area contributed by atoms with Crippen LogP contribution in [0.15, 0.2) is 48.9 Å². The molecule has 9 heteroatoms. The molecular formula is C21H20N6O3. The van der Waals surface area contributed by atoms with Gasteiger partial charge in [-0.05, 0) is 31.2 Å². The lowest BCUT2D eigenvalue weighted by molar-refractivity contribution is 0.0954. The monoisotopic (exact) mass is 404 g/mol. The summed E-state index contributed by atoms with van der Waals surface area (Å²) < 4.78 is 5.78. The Bertz CT molecular complexity index is 1160. The zero-order chi connectivity index (χ0) is 20.9. The number of H-pyrrole nitrogens is 1. The summed E-state index contributed by atoms with van der Waals surface area (Å²) in [5.74, 6) is 1.04. The van der Waals surface area contributed by atoms with Crippen molar-refractivity contribution in [3.8, 4) is 22.9 Å². The minimum Gasteiger partial charge on any atom is -0.493 e. The second kappa shape index (κ2) is 8.56. The van der Waals surface area contributed by atoms with Crippen LogP contribution in [0.2, 0.25) is 0 Å². The Morgan fingerprint density at radius 2 is 2.10 bits per heavy atom. The molecule has 30 heavy (non-hydrogen) atoms. The molecule has 0 aliphatic rings. The van der Waals surface area contributed by atoms with Gasteiger partial charge in [0.2, 0.25) is 5.88 Å². The van der Waals surface area contributed by atoms with Gasteiger partial charge in [0.15, 0.2) is 5.82 Å². The van der Waals surface area contributed by atoms with Crippen LogP contribution in [0.4, 0.5) is 0 Å². The third-order valence-corrected chi connectivity index (χ3v) is 4.48. The number of ether oxygens (including phenoxy) is 1. The van der Waals surface area contributed by atoms with Crippen molar-refractivity contribution < 1.29 is 14.6 Å². The molecule has 152 valence electrons. The van der Waals surface area contributed by atoms with Gasteiger partial charge in [0.1, 0.15) is 12.1 Å². The van der Waals surface area contributed by atoms with E-state index in [9.17, 15) is 9.90 Å². The first kappa shape index (κ1) is 19.3. The number of nitrogens with one attached hydrogen (secondary N) is 2. The maximum Gasteiger partial charge on any atom is 0.251 e. The summed E-state index contributed by atoms with van der Waals surface area (Å²) in [7, 11) is 0. The maximum absolute atomic E-state index is 12.6. The smallest absolute Gasteiger partial charge is 0.251 e. The summed E-state index contributed by atoms with van der Waals surface area (Å²) in [6.07, 6.45) is 3.58. The van der Waals surface area contributed by atoms with Crippen LogP contribution in [-0.2, 0) is 6.42 Å². The molecule has 0 spiro atoms. The first-order valence-electron chi connectivity index (χ1n) is 9.50. The highest BCUT2D eigenvalue weighted by Gasteiger charge is 2.13. The number of hydrogen-bond acceptors (Lipinski definition) is 7. The summed E-state index contributed by atoms with van der Waals surface area (Å²) in [5.41, 5.74) is 2.50. The van der Waals surface area contributed by atoms with Crippen molar-refractivity contribution in [2.24, 2.45) is 0 Å². The van der Waals surface area contributed by atoms with Crippen LogP contribution < -0.4 is 10.1 Å². The normalized spacial score (nSPS) is 10.8. The second-order valence-corrected chi connectivity index (χ2v) is 6.50. The van der Waals surface area contributed by atoms with Crippen LogP contribution in [0.25, 0.3) is 22.2 Å². The van der Waals surface area contributed by atoms with Gasteiger partial charge in [0.25, 0.3) is 5.91 Å². The molecule has 4 rings (SSSR count). The molecule has 0 saturated heterocycles. The van der Waals surface area contributed by atoms with Crippen molar-refractivity contribution in [1.82, 2.24) is 30.5 Å². The molecule has 0 fully saturated rings. The van der Waals surface area contributed by atoms with Crippen molar-refractivity contribution in [3.05, 3.63) is 60.3 Å². The lowest BCUT2D eigenvalue weighted by Gasteiger charge is -2.11. The second-order valence-electron chi connectivity index (χ2n) is 6.50. The van der Waals surface area contributed by atoms with E-state index in [0.29, 0.717) is 47.9 Å². The number of carbonyl (C=O) groups excluding carboxylic acids is 1. The molecule has 0 unspecified atom stereocenters. The minimum atomic E-state index is -0.205. The van der Waals surface area contributed by atoms with E-state index in [1.807, 2.05) is 19.1 Å². The molecule has 0 saturated carbocycles. The van der Waals surface area contributed by atoms with Gasteiger partial charge in [-0.3, -0.25) is 9.89 Å². The van der Waals surface area contributed by atoms with E-state index in [1.54, 1.807) is 24.4 Å². The number of benzene rings is 1. The van der Waals surface area contributed by atoms with Crippen molar-refractivity contribution in [1.29, 1.82) is 0 Å². The third-order valence-electron chi connectivity index (χ3n) is 4.48. The number of aromatic amines is 1. The number of rotatable bonds is 7. The number of pyridine rings is 2. The molecule has 3 aromatic heterocycles. The lowest BCUT2D eigenvalue weighted by atomic mass is 10.1. The number of amides is 1. The van der Waals surface area contributed by atoms with Gasteiger partial charge in [-0.25, -0.2) is 15.0 Å². The first-order chi connectivity index (χ1) is 14.6. The molecule has 1 amide bonds. The molecule has 3 N–H and O–H groups in total. The average Bonchev–Trinajstić information content (AvgIpc) is 3.27. The topological polar surface area (TPSA) is 126 Å². The SMILES string of the molecule is CCOc1cc(-c2ccc(O)nc2)nc2cc(C(=O)NCCc3nc[nH]n3)ccc12. The van der Waals surface area contributed by atoms with E-state index >= 15 is 0 Å². The fourth-order valence-electron chi connectivity index (χ4n) is 3.04. The maximum atomic E-state index is 12.6. The molecule has 0 aliphatic carbocycles. The lowest BCUT2D eigenvalue weighted by Crippen LogP contribution is -2.25. The van der Waals surface area contributed by atoms with Gasteiger partial charge >= 0.3 is 0 Å². The Balaban J connectivity index is 1.62. The molecule has 0 bridgehead atoms. The van der Waals surface area contributed by atoms with Crippen molar-refractivity contribution in [2.75, 3.05) is 13.2 Å². The van der Waals surface area contributed by atoms with E-state index in [-0.39, 0.29) is 11.8 Å². The largest absolute Gasteiger partial charge is 0.493 e. The van der Waals surface area contributed by atoms with Crippen LogP contribution in [0.3, 0.4) is 0 Å². The molecule has 0 radical (unpaired) electrons. The van der Waals surface area contributed by atoms with Crippen molar-refractivity contribution >= 4 is 16.8 Å². The van der Waals surface area contributed by atoms with Crippen LogP contribution in [0.5, 0.6) is 11.6 Å². The highest BCUT2D eigenvalue weighted by molar-refractivity contribution is 5.99. The summed E-state index contributed by atoms with van der Waals surface area (Å²) in [4.78, 5) is 25.2. The van der Waals surface area contributed by atoms with Crippen molar-refractivity contribution in [2.45, 2.75) is 13.3 Å². The molecular weight excluding hydrogens is 384 g/mol. The number of nitrogens with zero attached hydrogens (tertiary/aromatic N) is 4. The quantitative estimate of drug-likeness (QED) is 0.432. The standard InChI is InChI=1S/C21H20N6O3/c1-2-30-18-10-16(14-4-6-20(28)23-11-14)26-17-9-13(3-5-15(17)18)21(29)22-8-7-19-24-12-25-27-19/h3-6,9-12H,2,7-8H2,1H3,(H,22,29)(H,23,28)(H,24,25,27). The predicted octanol–water partition coefficient (Wildman–Crippen LogP) is 2.49. The van der Waals surface area contributed by atoms with Crippen LogP contribution in [0, 0.1) is 0 Å². The number of aromatic nitrogens is 5. The first-order valence-corrected chi connectivity index (χ1v) is 9.50. The van der Waals surface area contributed by atoms with Gasteiger partial charge < -0.3 is 15.2 Å². The fraction of sp³-hybridized carbons (Fsp3) is 0.190. The molecule has 3 heterocycles. The third kappa shape index (κ3) is 4.19. The molecule has 0 atom stereocenters. The zero-order valence-electron chi connectivity index (χ0n) is 16.3. The molecule has 9 nitrogen and oxygen atoms in total. The van der Waals surface area contributed by atoms with Crippen molar-refractivity contribution in [3.63, 3.8) is 0 Å². The zero-order valence-corrected chi connectivity index (χ0v) is 16.3. The highest BCUT2D eigenvalue weighted by atomic mass is 16.5. The van der Waals surface area contributed by atoms with Crippen LogP contribution in [0.1, 0.15) is 23.1 Å². The van der Waals surface area contributed by atoms with Gasteiger partial charge in [0.05, 0.1) is 17.8 Å². The summed E-state index contributed by atoms with van der Waals surface area (Å²) in [5, 5.41) is 19.7. The highest BCUT2D eigenvalue weighted by Crippen LogP contribution is 2.31. The Hall–Kier alpha value is -4.01. The van der Waals surface area contributed by atoms with Gasteiger partial charge in [-0.15, -0.1) is 0 Å². The van der Waals surface area contributed by atoms with Crippen LogP contribution in [-0.4, -0.2) is 49.3 Å². The summed E-state index contributed by atoms with van der Waals surface area (Å²) in [6.45, 7) is 2.82. The van der Waals surface area contributed by atoms with E-state index in [1.165, 1.54) is 12.4 Å². The van der Waals surface area contributed by atoms with Crippen LogP contribution >= 0.6 is 0 Å². The van der Waals surface area contributed by atoms with Gasteiger partial charge in [-0.1, -0.05) is 0 Å². The Morgan fingerprint density at radius 3 is 2.83 bits per heavy atom. The number of carbonyl (C=O) groups is 1. The fourth-order valence-corrected chi connectivity index (χ4v) is 3.04. The molecule has 1 aromatic carbocycles. The Morgan fingerprint density at radius 1 is 1.20 bits per heavy atom. The summed E-state index contributed by atoms with van der Waals surface area (Å²) in [6, 6.07) is 10.4.